The lowest BCUT2D eigenvalue weighted by Crippen LogP contribution is -2.03. The number of hydrogen-bond donors (Lipinski definition) is 0. The molecular formula is C10H9BrN4O2. The second-order valence-electron chi connectivity index (χ2n) is 3.09. The quantitative estimate of drug-likeness (QED) is 0.636. The zero-order chi connectivity index (χ0) is 12.3. The molecule has 2 aromatic heterocycles. The number of carbonyl (C=O) groups is 1. The number of aromatic nitrogens is 4. The van der Waals surface area contributed by atoms with Gasteiger partial charge in [-0.05, 0) is 22.9 Å². The summed E-state index contributed by atoms with van der Waals surface area (Å²) in [7, 11) is 0. The van der Waals surface area contributed by atoms with Crippen LogP contribution < -0.4 is 0 Å². The second kappa shape index (κ2) is 5.05. The summed E-state index contributed by atoms with van der Waals surface area (Å²) in [5, 5.41) is 4.04. The Labute approximate surface area is 106 Å². The third kappa shape index (κ3) is 2.68. The highest BCUT2D eigenvalue weighted by molar-refractivity contribution is 9.10. The van der Waals surface area contributed by atoms with Gasteiger partial charge in [0, 0.05) is 12.3 Å². The molecule has 0 atom stereocenters. The van der Waals surface area contributed by atoms with Crippen molar-refractivity contribution in [3.05, 3.63) is 35.0 Å². The van der Waals surface area contributed by atoms with Crippen molar-refractivity contribution in [1.29, 1.82) is 0 Å². The third-order valence-electron chi connectivity index (χ3n) is 1.95. The molecule has 0 aromatic carbocycles. The first-order valence-electron chi connectivity index (χ1n) is 4.90. The van der Waals surface area contributed by atoms with Crippen LogP contribution in [0, 0.1) is 0 Å². The van der Waals surface area contributed by atoms with Crippen molar-refractivity contribution in [1.82, 2.24) is 19.7 Å². The molecule has 7 heteroatoms. The highest BCUT2D eigenvalue weighted by atomic mass is 79.9. The van der Waals surface area contributed by atoms with Gasteiger partial charge in [-0.2, -0.15) is 5.10 Å². The van der Waals surface area contributed by atoms with E-state index in [1.165, 1.54) is 17.2 Å². The van der Waals surface area contributed by atoms with Crippen molar-refractivity contribution < 1.29 is 9.53 Å². The van der Waals surface area contributed by atoms with E-state index in [1.54, 1.807) is 19.2 Å². The van der Waals surface area contributed by atoms with Crippen LogP contribution in [0.4, 0.5) is 0 Å². The van der Waals surface area contributed by atoms with E-state index in [1.807, 2.05) is 0 Å². The van der Waals surface area contributed by atoms with Crippen LogP contribution in [-0.2, 0) is 4.74 Å². The van der Waals surface area contributed by atoms with Crippen LogP contribution in [0.5, 0.6) is 0 Å². The largest absolute Gasteiger partial charge is 0.462 e. The van der Waals surface area contributed by atoms with E-state index in [9.17, 15) is 4.79 Å². The summed E-state index contributed by atoms with van der Waals surface area (Å²) in [4.78, 5) is 19.4. The first-order valence-corrected chi connectivity index (χ1v) is 5.69. The summed E-state index contributed by atoms with van der Waals surface area (Å²) in [5.41, 5.74) is 0.390. The Morgan fingerprint density at radius 2 is 2.35 bits per heavy atom. The number of carbonyl (C=O) groups excluding carboxylic acids is 1. The van der Waals surface area contributed by atoms with Gasteiger partial charge in [-0.3, -0.25) is 0 Å². The van der Waals surface area contributed by atoms with E-state index in [0.29, 0.717) is 22.6 Å². The van der Waals surface area contributed by atoms with Gasteiger partial charge in [0.05, 0.1) is 18.4 Å². The molecule has 0 unspecified atom stereocenters. The van der Waals surface area contributed by atoms with Gasteiger partial charge in [0.25, 0.3) is 0 Å². The van der Waals surface area contributed by atoms with Crippen molar-refractivity contribution in [2.75, 3.05) is 6.61 Å². The molecule has 0 saturated heterocycles. The van der Waals surface area contributed by atoms with Crippen LogP contribution in [0.15, 0.2) is 29.4 Å². The SMILES string of the molecule is CCOC(=O)c1cnn(-c2cc(Br)ncn2)c1. The van der Waals surface area contributed by atoms with Gasteiger partial charge >= 0.3 is 5.97 Å². The first kappa shape index (κ1) is 11.7. The van der Waals surface area contributed by atoms with Crippen molar-refractivity contribution in [3.63, 3.8) is 0 Å². The summed E-state index contributed by atoms with van der Waals surface area (Å²) in [6.07, 6.45) is 4.41. The number of esters is 1. The van der Waals surface area contributed by atoms with Gasteiger partial charge in [0.1, 0.15) is 10.9 Å². The molecule has 0 N–H and O–H groups in total. The first-order chi connectivity index (χ1) is 8.20. The summed E-state index contributed by atoms with van der Waals surface area (Å²) in [6.45, 7) is 2.09. The summed E-state index contributed by atoms with van der Waals surface area (Å²) < 4.78 is 7.00. The zero-order valence-corrected chi connectivity index (χ0v) is 10.6. The van der Waals surface area contributed by atoms with Gasteiger partial charge < -0.3 is 4.74 Å². The Kier molecular flexibility index (Phi) is 3.48. The second-order valence-corrected chi connectivity index (χ2v) is 3.91. The van der Waals surface area contributed by atoms with Crippen LogP contribution in [0.3, 0.4) is 0 Å². The van der Waals surface area contributed by atoms with Crippen molar-refractivity contribution in [2.24, 2.45) is 0 Å². The maximum atomic E-state index is 11.4. The van der Waals surface area contributed by atoms with Crippen molar-refractivity contribution >= 4 is 21.9 Å². The molecule has 17 heavy (non-hydrogen) atoms. The van der Waals surface area contributed by atoms with Crippen LogP contribution >= 0.6 is 15.9 Å². The molecule has 0 aliphatic heterocycles. The zero-order valence-electron chi connectivity index (χ0n) is 9.00. The topological polar surface area (TPSA) is 69.9 Å². The third-order valence-corrected chi connectivity index (χ3v) is 2.38. The maximum absolute atomic E-state index is 11.4. The molecule has 2 heterocycles. The lowest BCUT2D eigenvalue weighted by molar-refractivity contribution is 0.0526. The molecular weight excluding hydrogens is 288 g/mol. The smallest absolute Gasteiger partial charge is 0.341 e. The fraction of sp³-hybridized carbons (Fsp3) is 0.200. The highest BCUT2D eigenvalue weighted by Gasteiger charge is 2.10. The van der Waals surface area contributed by atoms with E-state index in [0.717, 1.165) is 0 Å². The van der Waals surface area contributed by atoms with Gasteiger partial charge in [-0.25, -0.2) is 19.4 Å². The van der Waals surface area contributed by atoms with Crippen LogP contribution in [-0.4, -0.2) is 32.3 Å². The predicted molar refractivity (Wildman–Crippen MR) is 62.8 cm³/mol. The van der Waals surface area contributed by atoms with E-state index in [2.05, 4.69) is 31.0 Å². The normalized spacial score (nSPS) is 10.2. The number of rotatable bonds is 3. The van der Waals surface area contributed by atoms with Gasteiger partial charge in [-0.1, -0.05) is 0 Å². The molecule has 88 valence electrons. The minimum Gasteiger partial charge on any atom is -0.462 e. The van der Waals surface area contributed by atoms with E-state index < -0.39 is 5.97 Å². The van der Waals surface area contributed by atoms with E-state index >= 15 is 0 Å². The van der Waals surface area contributed by atoms with Gasteiger partial charge in [0.15, 0.2) is 5.82 Å². The molecule has 0 radical (unpaired) electrons. The summed E-state index contributed by atoms with van der Waals surface area (Å²) in [6, 6.07) is 1.70. The molecule has 2 aromatic rings. The number of halogens is 1. The highest BCUT2D eigenvalue weighted by Crippen LogP contribution is 2.10. The molecule has 0 amide bonds. The lowest BCUT2D eigenvalue weighted by atomic mass is 10.4. The molecule has 2 rings (SSSR count). The molecule has 0 fully saturated rings. The number of hydrogen-bond acceptors (Lipinski definition) is 5. The molecule has 0 bridgehead atoms. The predicted octanol–water partition coefficient (Wildman–Crippen LogP) is 1.60. The fourth-order valence-corrected chi connectivity index (χ4v) is 1.51. The maximum Gasteiger partial charge on any atom is 0.341 e. The summed E-state index contributed by atoms with van der Waals surface area (Å²) in [5.74, 6) is 0.175. The molecule has 0 saturated carbocycles. The van der Waals surface area contributed by atoms with E-state index in [4.69, 9.17) is 4.74 Å². The van der Waals surface area contributed by atoms with Crippen molar-refractivity contribution in [2.45, 2.75) is 6.92 Å². The Morgan fingerprint density at radius 1 is 1.53 bits per heavy atom. The van der Waals surface area contributed by atoms with Gasteiger partial charge in [0.2, 0.25) is 0 Å². The Bertz CT molecular complexity index is 541. The van der Waals surface area contributed by atoms with Gasteiger partial charge in [-0.15, -0.1) is 0 Å². The molecule has 6 nitrogen and oxygen atoms in total. The average Bonchev–Trinajstić information content (AvgIpc) is 2.78. The van der Waals surface area contributed by atoms with Crippen LogP contribution in [0.1, 0.15) is 17.3 Å². The Morgan fingerprint density at radius 3 is 3.06 bits per heavy atom. The van der Waals surface area contributed by atoms with Crippen molar-refractivity contribution in [3.8, 4) is 5.82 Å². The average molecular weight is 297 g/mol. The number of ether oxygens (including phenoxy) is 1. The molecule has 0 aliphatic rings. The Hall–Kier alpha value is -1.76. The minimum absolute atomic E-state index is 0.336. The number of nitrogens with zero attached hydrogens (tertiary/aromatic N) is 4. The van der Waals surface area contributed by atoms with E-state index in [-0.39, 0.29) is 0 Å². The monoisotopic (exact) mass is 296 g/mol. The summed E-state index contributed by atoms with van der Waals surface area (Å²) >= 11 is 3.24. The fourth-order valence-electron chi connectivity index (χ4n) is 1.22. The van der Waals surface area contributed by atoms with Crippen LogP contribution in [0.2, 0.25) is 0 Å². The minimum atomic E-state index is -0.396. The lowest BCUT2D eigenvalue weighted by Gasteiger charge is -1.99. The van der Waals surface area contributed by atoms with Crippen LogP contribution in [0.25, 0.3) is 5.82 Å². The standard InChI is InChI=1S/C10H9BrN4O2/c1-2-17-10(16)7-4-14-15(5-7)9-3-8(11)12-6-13-9/h3-6H,2H2,1H3. The Balaban J connectivity index is 2.27. The molecule has 0 aliphatic carbocycles. The molecule has 0 spiro atoms.